The molecule has 0 atom stereocenters. The Morgan fingerprint density at radius 2 is 0.731 bits per heavy atom. The molecule has 8 bridgehead atoms. The first-order chi connectivity index (χ1) is 25.4. The highest BCUT2D eigenvalue weighted by Crippen LogP contribution is 2.38. The summed E-state index contributed by atoms with van der Waals surface area (Å²) in [4.78, 5) is 18.0. The van der Waals surface area contributed by atoms with Gasteiger partial charge < -0.3 is 32.9 Å². The minimum absolute atomic E-state index is 0.687. The summed E-state index contributed by atoms with van der Waals surface area (Å²) in [5.41, 5.74) is 42.0. The van der Waals surface area contributed by atoms with Gasteiger partial charge in [0.15, 0.2) is 0 Å². The van der Waals surface area contributed by atoms with Crippen LogP contribution in [0.15, 0.2) is 121 Å². The van der Waals surface area contributed by atoms with E-state index in [1.165, 1.54) is 0 Å². The Morgan fingerprint density at radius 3 is 1.21 bits per heavy atom. The maximum atomic E-state index is 6.16. The van der Waals surface area contributed by atoms with Gasteiger partial charge in [0.2, 0.25) is 0 Å². The molecule has 4 aromatic carbocycles. The lowest BCUT2D eigenvalue weighted by atomic mass is 10.0. The normalized spacial score (nSPS) is 12.0. The molecule has 52 heavy (non-hydrogen) atoms. The van der Waals surface area contributed by atoms with Gasteiger partial charge in [-0.3, -0.25) is 0 Å². The van der Waals surface area contributed by atoms with Crippen LogP contribution < -0.4 is 22.9 Å². The average molecular weight is 675 g/mol. The van der Waals surface area contributed by atoms with E-state index in [2.05, 4.69) is 52.5 Å². The number of nitrogens with two attached hydrogens (primary N) is 4. The summed E-state index contributed by atoms with van der Waals surface area (Å²) in [6.07, 6.45) is 8.25. The second kappa shape index (κ2) is 12.2. The Bertz CT molecular complexity index is 2730. The zero-order chi connectivity index (χ0) is 35.3. The van der Waals surface area contributed by atoms with E-state index in [4.69, 9.17) is 32.9 Å². The number of aromatic nitrogens is 4. The first kappa shape index (κ1) is 30.7. The summed E-state index contributed by atoms with van der Waals surface area (Å²) in [5, 5.41) is 0. The van der Waals surface area contributed by atoms with E-state index in [1.54, 1.807) is 0 Å². The fourth-order valence-corrected chi connectivity index (χ4v) is 6.97. The van der Waals surface area contributed by atoms with Gasteiger partial charge in [-0.2, -0.15) is 0 Å². The standard InChI is InChI=1S/C44H34N8/c45-29-9-1-25(2-10-29)34-24-41-44(28-7-15-32(48)16-8-28)39-22-21-38(51-39)43(27-5-13-31(47)14-6-27)37-20-19-36(50-37)42(26-3-11-30(46)12-4-26)35-18-17-33(49-35)23-40(34)52-41/h1-24,50,52H,45-48H2. The number of nitrogens with one attached hydrogen (secondary N) is 2. The molecule has 0 fully saturated rings. The molecule has 3 aromatic heterocycles. The van der Waals surface area contributed by atoms with Crippen molar-refractivity contribution in [3.05, 3.63) is 144 Å². The molecule has 10 N–H and O–H groups in total. The van der Waals surface area contributed by atoms with Gasteiger partial charge >= 0.3 is 0 Å². The van der Waals surface area contributed by atoms with Gasteiger partial charge in [-0.05, 0) is 119 Å². The van der Waals surface area contributed by atoms with Crippen LogP contribution in [0.3, 0.4) is 0 Å². The summed E-state index contributed by atoms with van der Waals surface area (Å²) in [5.74, 6) is 0. The second-order valence-corrected chi connectivity index (χ2v) is 13.0. The molecule has 0 radical (unpaired) electrons. The number of nitrogens with zero attached hydrogens (tertiary/aromatic N) is 2. The molecule has 0 saturated heterocycles. The van der Waals surface area contributed by atoms with Crippen LogP contribution in [-0.4, -0.2) is 19.9 Å². The molecule has 2 aliphatic heterocycles. The molecule has 0 unspecified atom stereocenters. The van der Waals surface area contributed by atoms with Gasteiger partial charge in [0.25, 0.3) is 0 Å². The van der Waals surface area contributed by atoms with Crippen molar-refractivity contribution in [3.63, 3.8) is 0 Å². The number of nitrogen functional groups attached to an aromatic ring is 4. The zero-order valence-corrected chi connectivity index (χ0v) is 28.1. The summed E-state index contributed by atoms with van der Waals surface area (Å²) < 4.78 is 0. The second-order valence-electron chi connectivity index (χ2n) is 13.0. The molecule has 7 aromatic rings. The Kier molecular flexibility index (Phi) is 7.22. The maximum absolute atomic E-state index is 6.16. The van der Waals surface area contributed by atoms with Crippen LogP contribution in [0.2, 0.25) is 0 Å². The topological polar surface area (TPSA) is 161 Å². The van der Waals surface area contributed by atoms with E-state index in [1.807, 2.05) is 103 Å². The highest BCUT2D eigenvalue weighted by molar-refractivity contribution is 5.99. The fraction of sp³-hybridized carbons (Fsp3) is 0. The van der Waals surface area contributed by atoms with Crippen molar-refractivity contribution in [3.8, 4) is 44.5 Å². The van der Waals surface area contributed by atoms with E-state index in [-0.39, 0.29) is 0 Å². The lowest BCUT2D eigenvalue weighted by molar-refractivity contribution is 1.31. The lowest BCUT2D eigenvalue weighted by Crippen LogP contribution is -1.90. The van der Waals surface area contributed by atoms with Crippen LogP contribution in [0.4, 0.5) is 22.7 Å². The Balaban J connectivity index is 1.46. The summed E-state index contributed by atoms with van der Waals surface area (Å²) in [6, 6.07) is 40.1. The van der Waals surface area contributed by atoms with Crippen molar-refractivity contribution < 1.29 is 0 Å². The average Bonchev–Trinajstić information content (AvgIpc) is 3.98. The molecule has 0 saturated carbocycles. The molecular weight excluding hydrogens is 641 g/mol. The fourth-order valence-electron chi connectivity index (χ4n) is 6.97. The smallest absolute Gasteiger partial charge is 0.0737 e. The minimum Gasteiger partial charge on any atom is -0.399 e. The highest BCUT2D eigenvalue weighted by atomic mass is 14.8. The molecule has 8 heteroatoms. The van der Waals surface area contributed by atoms with Crippen LogP contribution in [0.1, 0.15) is 22.8 Å². The number of rotatable bonds is 4. The van der Waals surface area contributed by atoms with Gasteiger partial charge in [-0.1, -0.05) is 48.5 Å². The quantitative estimate of drug-likeness (QED) is 0.102. The number of benzene rings is 4. The summed E-state index contributed by atoms with van der Waals surface area (Å²) in [7, 11) is 0. The van der Waals surface area contributed by atoms with E-state index < -0.39 is 0 Å². The van der Waals surface area contributed by atoms with E-state index in [0.29, 0.717) is 22.7 Å². The van der Waals surface area contributed by atoms with Gasteiger partial charge in [-0.25, -0.2) is 9.97 Å². The largest absolute Gasteiger partial charge is 0.399 e. The van der Waals surface area contributed by atoms with Gasteiger partial charge in [0, 0.05) is 67.1 Å². The molecule has 0 amide bonds. The zero-order valence-electron chi connectivity index (χ0n) is 28.1. The van der Waals surface area contributed by atoms with E-state index in [9.17, 15) is 0 Å². The van der Waals surface area contributed by atoms with Crippen molar-refractivity contribution in [2.45, 2.75) is 0 Å². The summed E-state index contributed by atoms with van der Waals surface area (Å²) >= 11 is 0. The number of hydrogen-bond acceptors (Lipinski definition) is 6. The van der Waals surface area contributed by atoms with Crippen molar-refractivity contribution in [2.24, 2.45) is 0 Å². The number of anilines is 4. The molecule has 2 aliphatic rings. The minimum atomic E-state index is 0.687. The van der Waals surface area contributed by atoms with Crippen molar-refractivity contribution in [1.29, 1.82) is 0 Å². The molecule has 5 heterocycles. The monoisotopic (exact) mass is 674 g/mol. The molecule has 250 valence electrons. The Labute approximate surface area is 299 Å². The Morgan fingerprint density at radius 1 is 0.346 bits per heavy atom. The lowest BCUT2D eigenvalue weighted by Gasteiger charge is -2.06. The van der Waals surface area contributed by atoms with E-state index in [0.717, 1.165) is 89.4 Å². The molecule has 8 nitrogen and oxygen atoms in total. The van der Waals surface area contributed by atoms with Crippen molar-refractivity contribution in [2.75, 3.05) is 22.9 Å². The third-order valence-corrected chi connectivity index (χ3v) is 9.52. The summed E-state index contributed by atoms with van der Waals surface area (Å²) in [6.45, 7) is 0. The number of fused-ring (bicyclic) bond motifs is 8. The predicted molar refractivity (Wildman–Crippen MR) is 218 cm³/mol. The number of H-pyrrole nitrogens is 2. The number of hydrogen-bond donors (Lipinski definition) is 6. The first-order valence-corrected chi connectivity index (χ1v) is 17.0. The Hall–Kier alpha value is -7.32. The number of aromatic amines is 2. The molecule has 9 rings (SSSR count). The van der Waals surface area contributed by atoms with Crippen LogP contribution in [0.5, 0.6) is 0 Å². The van der Waals surface area contributed by atoms with Gasteiger partial charge in [-0.15, -0.1) is 0 Å². The maximum Gasteiger partial charge on any atom is 0.0737 e. The first-order valence-electron chi connectivity index (χ1n) is 17.0. The van der Waals surface area contributed by atoms with Crippen LogP contribution >= 0.6 is 0 Å². The van der Waals surface area contributed by atoms with Gasteiger partial charge in [0.05, 0.1) is 22.8 Å². The van der Waals surface area contributed by atoms with E-state index >= 15 is 0 Å². The van der Waals surface area contributed by atoms with Crippen molar-refractivity contribution in [1.82, 2.24) is 19.9 Å². The van der Waals surface area contributed by atoms with Gasteiger partial charge in [0.1, 0.15) is 0 Å². The SMILES string of the molecule is Nc1ccc(-c2cc3[nH]c2cc2nc(c(-c4ccc(N)cc4)c4ccc([nH]4)c(-c4ccc(N)cc4)c4nc(c3-c3ccc(N)cc3)C=C4)C=C2)cc1. The molecular formula is C44H34N8. The van der Waals surface area contributed by atoms with Crippen LogP contribution in [0.25, 0.3) is 90.9 Å². The third kappa shape index (κ3) is 5.54. The van der Waals surface area contributed by atoms with Crippen molar-refractivity contribution >= 4 is 69.1 Å². The predicted octanol–water partition coefficient (Wildman–Crippen LogP) is 9.65. The molecule has 0 aliphatic carbocycles. The third-order valence-electron chi connectivity index (χ3n) is 9.52. The van der Waals surface area contributed by atoms with Crippen LogP contribution in [-0.2, 0) is 0 Å². The highest BCUT2D eigenvalue weighted by Gasteiger charge is 2.18. The van der Waals surface area contributed by atoms with Crippen LogP contribution in [0, 0.1) is 0 Å². The molecule has 0 spiro atoms.